The predicted octanol–water partition coefficient (Wildman–Crippen LogP) is 3.10. The lowest BCUT2D eigenvalue weighted by molar-refractivity contribution is 0.271. The third kappa shape index (κ3) is 6.31. The van der Waals surface area contributed by atoms with Gasteiger partial charge >= 0.3 is 0 Å². The second-order valence-electron chi connectivity index (χ2n) is 7.84. The average Bonchev–Trinajstić information content (AvgIpc) is 3.05. The molecule has 1 heterocycles. The number of aryl methyl sites for hydroxylation is 1. The van der Waals surface area contributed by atoms with E-state index in [1.807, 2.05) is 17.8 Å². The third-order valence-electron chi connectivity index (χ3n) is 4.50. The highest BCUT2D eigenvalue weighted by Gasteiger charge is 2.21. The van der Waals surface area contributed by atoms with Gasteiger partial charge in [-0.05, 0) is 29.7 Å². The highest BCUT2D eigenvalue weighted by Crippen LogP contribution is 2.24. The smallest absolute Gasteiger partial charge is 0.191 e. The zero-order valence-electron chi connectivity index (χ0n) is 17.4. The van der Waals surface area contributed by atoms with Crippen LogP contribution in [0.2, 0.25) is 0 Å². The summed E-state index contributed by atoms with van der Waals surface area (Å²) < 4.78 is 7.63. The minimum absolute atomic E-state index is 0.0409. The van der Waals surface area contributed by atoms with Crippen molar-refractivity contribution in [3.05, 3.63) is 47.8 Å². The molecule has 0 saturated heterocycles. The molecule has 0 unspecified atom stereocenters. The fourth-order valence-electron chi connectivity index (χ4n) is 2.64. The molecule has 0 radical (unpaired) electrons. The highest BCUT2D eigenvalue weighted by atomic mass is 16.5. The SMILES string of the molecule is CN=C(NCc1ccnn1C)NCC(C)(C)c1ccc(OCC(C)C)cc1. The van der Waals surface area contributed by atoms with Crippen molar-refractivity contribution in [1.29, 1.82) is 0 Å². The third-order valence-corrected chi connectivity index (χ3v) is 4.50. The molecule has 0 atom stereocenters. The van der Waals surface area contributed by atoms with Gasteiger partial charge in [0.1, 0.15) is 5.75 Å². The molecular formula is C21H33N5O. The van der Waals surface area contributed by atoms with Crippen LogP contribution in [0.3, 0.4) is 0 Å². The average molecular weight is 372 g/mol. The van der Waals surface area contributed by atoms with E-state index in [2.05, 4.69) is 72.7 Å². The molecule has 2 rings (SSSR count). The fraction of sp³-hybridized carbons (Fsp3) is 0.524. The Morgan fingerprint density at radius 2 is 1.89 bits per heavy atom. The van der Waals surface area contributed by atoms with Gasteiger partial charge in [0, 0.05) is 32.3 Å². The van der Waals surface area contributed by atoms with Crippen LogP contribution in [-0.4, -0.2) is 35.9 Å². The Kier molecular flexibility index (Phi) is 7.28. The van der Waals surface area contributed by atoms with E-state index in [1.165, 1.54) is 5.56 Å². The van der Waals surface area contributed by atoms with Crippen molar-refractivity contribution in [3.63, 3.8) is 0 Å². The summed E-state index contributed by atoms with van der Waals surface area (Å²) in [6.07, 6.45) is 1.80. The Bertz CT molecular complexity index is 731. The topological polar surface area (TPSA) is 63.5 Å². The maximum absolute atomic E-state index is 5.78. The van der Waals surface area contributed by atoms with E-state index in [4.69, 9.17) is 4.74 Å². The monoisotopic (exact) mass is 371 g/mol. The van der Waals surface area contributed by atoms with Crippen molar-refractivity contribution in [2.75, 3.05) is 20.2 Å². The van der Waals surface area contributed by atoms with E-state index in [0.717, 1.165) is 30.6 Å². The molecule has 148 valence electrons. The first-order chi connectivity index (χ1) is 12.8. The van der Waals surface area contributed by atoms with Crippen LogP contribution < -0.4 is 15.4 Å². The zero-order chi connectivity index (χ0) is 19.9. The van der Waals surface area contributed by atoms with E-state index in [1.54, 1.807) is 13.2 Å². The number of hydrogen-bond donors (Lipinski definition) is 2. The molecule has 2 aromatic rings. The van der Waals surface area contributed by atoms with Crippen LogP contribution in [0.15, 0.2) is 41.5 Å². The summed E-state index contributed by atoms with van der Waals surface area (Å²) >= 11 is 0. The Balaban J connectivity index is 1.89. The van der Waals surface area contributed by atoms with Crippen molar-refractivity contribution >= 4 is 5.96 Å². The van der Waals surface area contributed by atoms with E-state index < -0.39 is 0 Å². The summed E-state index contributed by atoms with van der Waals surface area (Å²) in [6.45, 7) is 10.9. The van der Waals surface area contributed by atoms with Crippen LogP contribution in [0.25, 0.3) is 0 Å². The summed E-state index contributed by atoms with van der Waals surface area (Å²) in [6, 6.07) is 10.4. The minimum atomic E-state index is -0.0409. The highest BCUT2D eigenvalue weighted by molar-refractivity contribution is 5.79. The summed E-state index contributed by atoms with van der Waals surface area (Å²) in [5.74, 6) is 2.22. The van der Waals surface area contributed by atoms with Crippen molar-refractivity contribution < 1.29 is 4.74 Å². The van der Waals surface area contributed by atoms with Gasteiger partial charge in [-0.2, -0.15) is 5.10 Å². The first-order valence-electron chi connectivity index (χ1n) is 9.46. The molecule has 2 N–H and O–H groups in total. The van der Waals surface area contributed by atoms with Crippen LogP contribution in [-0.2, 0) is 19.0 Å². The number of nitrogens with one attached hydrogen (secondary N) is 2. The summed E-state index contributed by atoms with van der Waals surface area (Å²) in [7, 11) is 3.72. The lowest BCUT2D eigenvalue weighted by Gasteiger charge is -2.27. The molecule has 0 aliphatic carbocycles. The van der Waals surface area contributed by atoms with Crippen molar-refractivity contribution in [2.24, 2.45) is 18.0 Å². The molecule has 1 aromatic carbocycles. The molecule has 0 aliphatic heterocycles. The Morgan fingerprint density at radius 1 is 1.19 bits per heavy atom. The molecule has 6 nitrogen and oxygen atoms in total. The molecule has 6 heteroatoms. The Hall–Kier alpha value is -2.50. The van der Waals surface area contributed by atoms with Crippen LogP contribution in [0.4, 0.5) is 0 Å². The molecule has 0 saturated carbocycles. The Labute approximate surface area is 163 Å². The summed E-state index contributed by atoms with van der Waals surface area (Å²) in [4.78, 5) is 4.31. The molecule has 0 bridgehead atoms. The molecule has 27 heavy (non-hydrogen) atoms. The van der Waals surface area contributed by atoms with E-state index in [9.17, 15) is 0 Å². The van der Waals surface area contributed by atoms with Gasteiger partial charge in [-0.25, -0.2) is 0 Å². The van der Waals surface area contributed by atoms with E-state index in [0.29, 0.717) is 12.5 Å². The summed E-state index contributed by atoms with van der Waals surface area (Å²) in [5, 5.41) is 10.9. The summed E-state index contributed by atoms with van der Waals surface area (Å²) in [5.41, 5.74) is 2.32. The molecule has 0 fully saturated rings. The van der Waals surface area contributed by atoms with Gasteiger partial charge < -0.3 is 15.4 Å². The number of benzene rings is 1. The van der Waals surface area contributed by atoms with Crippen molar-refractivity contribution in [1.82, 2.24) is 20.4 Å². The lowest BCUT2D eigenvalue weighted by Crippen LogP contribution is -2.43. The molecule has 1 aromatic heterocycles. The standard InChI is InChI=1S/C21H33N5O/c1-16(2)14-27-19-9-7-17(8-10-19)21(3,4)15-24-20(22-5)23-13-18-11-12-25-26(18)6/h7-12,16H,13-15H2,1-6H3,(H2,22,23,24). The minimum Gasteiger partial charge on any atom is -0.493 e. The number of nitrogens with zero attached hydrogens (tertiary/aromatic N) is 3. The molecule has 0 amide bonds. The van der Waals surface area contributed by atoms with Gasteiger partial charge in [-0.15, -0.1) is 0 Å². The molecule has 0 spiro atoms. The van der Waals surface area contributed by atoms with Gasteiger partial charge in [-0.3, -0.25) is 9.67 Å². The maximum atomic E-state index is 5.78. The van der Waals surface area contributed by atoms with Crippen LogP contribution in [0.5, 0.6) is 5.75 Å². The number of aromatic nitrogens is 2. The number of rotatable bonds is 8. The number of ether oxygens (including phenoxy) is 1. The fourth-order valence-corrected chi connectivity index (χ4v) is 2.64. The largest absolute Gasteiger partial charge is 0.493 e. The lowest BCUT2D eigenvalue weighted by atomic mass is 9.84. The van der Waals surface area contributed by atoms with Crippen LogP contribution in [0.1, 0.15) is 39.0 Å². The van der Waals surface area contributed by atoms with Crippen LogP contribution >= 0.6 is 0 Å². The zero-order valence-corrected chi connectivity index (χ0v) is 17.4. The van der Waals surface area contributed by atoms with Gasteiger partial charge in [-0.1, -0.05) is 39.8 Å². The van der Waals surface area contributed by atoms with Crippen molar-refractivity contribution in [3.8, 4) is 5.75 Å². The van der Waals surface area contributed by atoms with E-state index >= 15 is 0 Å². The molecular weight excluding hydrogens is 338 g/mol. The van der Waals surface area contributed by atoms with Gasteiger partial charge in [0.25, 0.3) is 0 Å². The molecule has 0 aliphatic rings. The maximum Gasteiger partial charge on any atom is 0.191 e. The van der Waals surface area contributed by atoms with E-state index in [-0.39, 0.29) is 5.41 Å². The Morgan fingerprint density at radius 3 is 2.44 bits per heavy atom. The van der Waals surface area contributed by atoms with Crippen molar-refractivity contribution in [2.45, 2.75) is 39.7 Å². The van der Waals surface area contributed by atoms with Gasteiger partial charge in [0.15, 0.2) is 5.96 Å². The second-order valence-corrected chi connectivity index (χ2v) is 7.84. The second kappa shape index (κ2) is 9.44. The first-order valence-corrected chi connectivity index (χ1v) is 9.46. The predicted molar refractivity (Wildman–Crippen MR) is 111 cm³/mol. The number of hydrogen-bond acceptors (Lipinski definition) is 3. The van der Waals surface area contributed by atoms with Gasteiger partial charge in [0.05, 0.1) is 18.8 Å². The number of guanidine groups is 1. The normalized spacial score (nSPS) is 12.3. The number of aliphatic imine (C=N–C) groups is 1. The van der Waals surface area contributed by atoms with Gasteiger partial charge in [0.2, 0.25) is 0 Å². The van der Waals surface area contributed by atoms with Crippen LogP contribution in [0, 0.1) is 5.92 Å². The first kappa shape index (κ1) is 20.8. The quantitative estimate of drug-likeness (QED) is 0.553.